The lowest BCUT2D eigenvalue weighted by Crippen LogP contribution is -2.48. The number of aromatic nitrogens is 2. The predicted molar refractivity (Wildman–Crippen MR) is 88.5 cm³/mol. The van der Waals surface area contributed by atoms with E-state index >= 15 is 0 Å². The van der Waals surface area contributed by atoms with Crippen molar-refractivity contribution < 1.29 is 8.42 Å². The third-order valence-corrected chi connectivity index (χ3v) is 6.30. The van der Waals surface area contributed by atoms with Crippen molar-refractivity contribution in [3.05, 3.63) is 47.7 Å². The summed E-state index contributed by atoms with van der Waals surface area (Å²) in [4.78, 5) is 0. The largest absolute Gasteiger partial charge is 0.313 e. The maximum atomic E-state index is 13.0. The van der Waals surface area contributed by atoms with Crippen molar-refractivity contribution in [1.29, 1.82) is 0 Å². The van der Waals surface area contributed by atoms with Gasteiger partial charge in [0.15, 0.2) is 5.03 Å². The number of benzene rings is 1. The third-order valence-electron chi connectivity index (χ3n) is 4.32. The lowest BCUT2D eigenvalue weighted by molar-refractivity contribution is 0.269. The minimum absolute atomic E-state index is 0.199. The van der Waals surface area contributed by atoms with E-state index in [-0.39, 0.29) is 11.1 Å². The van der Waals surface area contributed by atoms with Gasteiger partial charge in [0, 0.05) is 26.7 Å². The number of sulfonamides is 1. The number of nitrogens with one attached hydrogen (secondary N) is 1. The minimum Gasteiger partial charge on any atom is -0.313 e. The molecule has 0 saturated carbocycles. The van der Waals surface area contributed by atoms with Crippen LogP contribution in [0.15, 0.2) is 41.6 Å². The Morgan fingerprint density at radius 1 is 1.26 bits per heavy atom. The minimum atomic E-state index is -3.57. The van der Waals surface area contributed by atoms with Crippen molar-refractivity contribution in [3.8, 4) is 0 Å². The first-order valence-electron chi connectivity index (χ1n) is 7.83. The molecule has 1 aromatic carbocycles. The zero-order valence-corrected chi connectivity index (χ0v) is 14.3. The molecule has 0 aliphatic carbocycles. The normalized spacial score (nSPS) is 19.8. The Morgan fingerprint density at radius 3 is 2.61 bits per heavy atom. The maximum absolute atomic E-state index is 13.0. The fourth-order valence-corrected chi connectivity index (χ4v) is 4.68. The van der Waals surface area contributed by atoms with Crippen LogP contribution in [0.25, 0.3) is 0 Å². The van der Waals surface area contributed by atoms with E-state index in [1.807, 2.05) is 12.1 Å². The Kier molecular flexibility index (Phi) is 4.52. The van der Waals surface area contributed by atoms with E-state index in [1.54, 1.807) is 17.4 Å². The number of aryl methyl sites for hydroxylation is 2. The number of piperazine rings is 1. The first-order valence-corrected chi connectivity index (χ1v) is 9.27. The Bertz CT molecular complexity index is 768. The smallest absolute Gasteiger partial charge is 0.260 e. The second kappa shape index (κ2) is 6.43. The van der Waals surface area contributed by atoms with Gasteiger partial charge in [0.05, 0.1) is 12.2 Å². The van der Waals surface area contributed by atoms with Crippen LogP contribution in [0.4, 0.5) is 0 Å². The molecule has 124 valence electrons. The van der Waals surface area contributed by atoms with Gasteiger partial charge in [0.2, 0.25) is 0 Å². The van der Waals surface area contributed by atoms with Gasteiger partial charge >= 0.3 is 0 Å². The van der Waals surface area contributed by atoms with Crippen molar-refractivity contribution in [2.24, 2.45) is 7.05 Å². The highest BCUT2D eigenvalue weighted by atomic mass is 32.2. The van der Waals surface area contributed by atoms with Crippen LogP contribution in [-0.2, 0) is 23.5 Å². The number of hydrogen-bond acceptors (Lipinski definition) is 4. The second-order valence-corrected chi connectivity index (χ2v) is 7.56. The van der Waals surface area contributed by atoms with Crippen LogP contribution in [0.1, 0.15) is 24.1 Å². The standard InChI is InChI=1S/C16H22N4O2S/c1-3-13-4-6-14(7-5-13)15-12-17-10-11-20(15)23(21,22)16-8-9-18-19(16)2/h4-9,15,17H,3,10-12H2,1-2H3. The van der Waals surface area contributed by atoms with Gasteiger partial charge in [-0.05, 0) is 23.6 Å². The summed E-state index contributed by atoms with van der Waals surface area (Å²) in [6, 6.07) is 9.55. The highest BCUT2D eigenvalue weighted by Gasteiger charge is 2.35. The molecule has 1 atom stereocenters. The van der Waals surface area contributed by atoms with Gasteiger partial charge in [-0.2, -0.15) is 9.40 Å². The summed E-state index contributed by atoms with van der Waals surface area (Å²) in [5, 5.41) is 7.52. The van der Waals surface area contributed by atoms with E-state index in [4.69, 9.17) is 0 Å². The first kappa shape index (κ1) is 16.2. The van der Waals surface area contributed by atoms with Crippen LogP contribution >= 0.6 is 0 Å². The molecule has 1 aliphatic heterocycles. The van der Waals surface area contributed by atoms with Gasteiger partial charge in [-0.3, -0.25) is 4.68 Å². The summed E-state index contributed by atoms with van der Waals surface area (Å²) >= 11 is 0. The molecule has 0 bridgehead atoms. The van der Waals surface area contributed by atoms with E-state index in [0.29, 0.717) is 19.6 Å². The van der Waals surface area contributed by atoms with E-state index in [0.717, 1.165) is 12.0 Å². The Balaban J connectivity index is 1.97. The average molecular weight is 334 g/mol. The Hall–Kier alpha value is -1.70. The molecule has 1 fully saturated rings. The molecular weight excluding hydrogens is 312 g/mol. The molecular formula is C16H22N4O2S. The number of hydrogen-bond donors (Lipinski definition) is 1. The van der Waals surface area contributed by atoms with Crippen LogP contribution in [-0.4, -0.2) is 42.1 Å². The molecule has 6 nitrogen and oxygen atoms in total. The third kappa shape index (κ3) is 3.04. The topological polar surface area (TPSA) is 67.2 Å². The number of nitrogens with zero attached hydrogens (tertiary/aromatic N) is 3. The summed E-state index contributed by atoms with van der Waals surface area (Å²) in [7, 11) is -1.92. The molecule has 0 amide bonds. The van der Waals surface area contributed by atoms with Crippen molar-refractivity contribution in [2.75, 3.05) is 19.6 Å². The zero-order chi connectivity index (χ0) is 16.4. The van der Waals surface area contributed by atoms with Gasteiger partial charge in [0.25, 0.3) is 10.0 Å². The molecule has 0 spiro atoms. The molecule has 1 aromatic heterocycles. The fraction of sp³-hybridized carbons (Fsp3) is 0.438. The maximum Gasteiger partial charge on any atom is 0.260 e. The van der Waals surface area contributed by atoms with Crippen molar-refractivity contribution in [3.63, 3.8) is 0 Å². The molecule has 1 unspecified atom stereocenters. The van der Waals surface area contributed by atoms with Gasteiger partial charge in [0.1, 0.15) is 0 Å². The van der Waals surface area contributed by atoms with Gasteiger partial charge in [-0.25, -0.2) is 8.42 Å². The molecule has 2 aromatic rings. The molecule has 1 aliphatic rings. The monoisotopic (exact) mass is 334 g/mol. The van der Waals surface area contributed by atoms with Gasteiger partial charge in [-0.1, -0.05) is 31.2 Å². The van der Waals surface area contributed by atoms with Crippen LogP contribution in [0.5, 0.6) is 0 Å². The van der Waals surface area contributed by atoms with Gasteiger partial charge < -0.3 is 5.32 Å². The van der Waals surface area contributed by atoms with E-state index in [2.05, 4.69) is 29.5 Å². The zero-order valence-electron chi connectivity index (χ0n) is 13.4. The second-order valence-electron chi connectivity index (χ2n) is 5.72. The average Bonchev–Trinajstić information content (AvgIpc) is 3.02. The molecule has 0 radical (unpaired) electrons. The molecule has 2 heterocycles. The summed E-state index contributed by atoms with van der Waals surface area (Å²) < 4.78 is 29.0. The summed E-state index contributed by atoms with van der Waals surface area (Å²) in [5.74, 6) is 0. The Morgan fingerprint density at radius 2 is 2.00 bits per heavy atom. The van der Waals surface area contributed by atoms with Gasteiger partial charge in [-0.15, -0.1) is 0 Å². The van der Waals surface area contributed by atoms with E-state index < -0.39 is 10.0 Å². The summed E-state index contributed by atoms with van der Waals surface area (Å²) in [5.41, 5.74) is 2.26. The molecule has 23 heavy (non-hydrogen) atoms. The highest BCUT2D eigenvalue weighted by molar-refractivity contribution is 7.89. The van der Waals surface area contributed by atoms with Crippen LogP contribution in [0.2, 0.25) is 0 Å². The SMILES string of the molecule is CCc1ccc(C2CNCCN2S(=O)(=O)c2ccnn2C)cc1. The van der Waals surface area contributed by atoms with Crippen LogP contribution in [0.3, 0.4) is 0 Å². The van der Waals surface area contributed by atoms with Crippen molar-refractivity contribution >= 4 is 10.0 Å². The lowest BCUT2D eigenvalue weighted by Gasteiger charge is -2.35. The molecule has 1 saturated heterocycles. The molecule has 3 rings (SSSR count). The first-order chi connectivity index (χ1) is 11.0. The highest BCUT2D eigenvalue weighted by Crippen LogP contribution is 2.28. The summed E-state index contributed by atoms with van der Waals surface area (Å²) in [6.45, 7) is 3.83. The van der Waals surface area contributed by atoms with Crippen molar-refractivity contribution in [1.82, 2.24) is 19.4 Å². The fourth-order valence-electron chi connectivity index (χ4n) is 2.97. The van der Waals surface area contributed by atoms with E-state index in [9.17, 15) is 8.42 Å². The predicted octanol–water partition coefficient (Wildman–Crippen LogP) is 1.32. The quantitative estimate of drug-likeness (QED) is 0.916. The van der Waals surface area contributed by atoms with Crippen LogP contribution < -0.4 is 5.32 Å². The summed E-state index contributed by atoms with van der Waals surface area (Å²) in [6.07, 6.45) is 2.49. The van der Waals surface area contributed by atoms with Crippen molar-refractivity contribution in [2.45, 2.75) is 24.4 Å². The lowest BCUT2D eigenvalue weighted by atomic mass is 10.0. The number of rotatable bonds is 4. The van der Waals surface area contributed by atoms with E-state index in [1.165, 1.54) is 16.4 Å². The Labute approximate surface area is 137 Å². The molecule has 7 heteroatoms. The molecule has 1 N–H and O–H groups in total. The van der Waals surface area contributed by atoms with Crippen LogP contribution in [0, 0.1) is 0 Å².